The summed E-state index contributed by atoms with van der Waals surface area (Å²) < 4.78 is 38.3. The molecule has 186 valence electrons. The number of carbonyl (C=O) groups is 1. The highest BCUT2D eigenvalue weighted by Gasteiger charge is 2.27. The van der Waals surface area contributed by atoms with Gasteiger partial charge in [-0.2, -0.15) is 0 Å². The van der Waals surface area contributed by atoms with Gasteiger partial charge in [0.15, 0.2) is 11.5 Å². The van der Waals surface area contributed by atoms with Crippen LogP contribution in [-0.4, -0.2) is 41.6 Å². The van der Waals surface area contributed by atoms with Gasteiger partial charge in [0.1, 0.15) is 6.54 Å². The van der Waals surface area contributed by atoms with Crippen LogP contribution in [0.1, 0.15) is 12.0 Å². The molecule has 3 rings (SSSR count). The van der Waals surface area contributed by atoms with Crippen LogP contribution < -0.4 is 19.1 Å². The van der Waals surface area contributed by atoms with E-state index >= 15 is 0 Å². The molecule has 0 aliphatic carbocycles. The average molecular weight is 537 g/mol. The standard InChI is InChI=1S/C25H26Cl2N2O5S/c1-33-23-13-10-18(15-24(23)34-2)7-6-14-28-25(30)17-29(19-11-12-21(26)22(27)16-19)35(31,32)20-8-4-3-5-9-20/h3-5,8-13,15-16H,6-7,14,17H2,1-2H3,(H,28,30). The number of halogens is 2. The molecule has 0 aliphatic heterocycles. The zero-order chi connectivity index (χ0) is 25.4. The SMILES string of the molecule is COc1ccc(CCCNC(=O)CN(c2ccc(Cl)c(Cl)c2)S(=O)(=O)c2ccccc2)cc1OC. The largest absolute Gasteiger partial charge is 0.493 e. The van der Waals surface area contributed by atoms with Gasteiger partial charge in [-0.05, 0) is 60.9 Å². The molecule has 0 spiro atoms. The highest BCUT2D eigenvalue weighted by molar-refractivity contribution is 7.92. The van der Waals surface area contributed by atoms with Crippen molar-refractivity contribution in [2.45, 2.75) is 17.7 Å². The quantitative estimate of drug-likeness (QED) is 0.350. The Morgan fingerprint density at radius 2 is 1.63 bits per heavy atom. The van der Waals surface area contributed by atoms with Crippen molar-refractivity contribution < 1.29 is 22.7 Å². The van der Waals surface area contributed by atoms with E-state index in [0.717, 1.165) is 9.87 Å². The van der Waals surface area contributed by atoms with Crippen LogP contribution >= 0.6 is 23.2 Å². The van der Waals surface area contributed by atoms with Gasteiger partial charge < -0.3 is 14.8 Å². The van der Waals surface area contributed by atoms with Crippen LogP contribution in [0.5, 0.6) is 11.5 Å². The molecule has 0 aliphatic rings. The Balaban J connectivity index is 1.68. The van der Waals surface area contributed by atoms with Gasteiger partial charge in [0.2, 0.25) is 5.91 Å². The predicted molar refractivity (Wildman–Crippen MR) is 138 cm³/mol. The second-order valence-corrected chi connectivity index (χ2v) is 10.2. The summed E-state index contributed by atoms with van der Waals surface area (Å²) in [5, 5.41) is 3.27. The number of hydrogen-bond acceptors (Lipinski definition) is 5. The van der Waals surface area contributed by atoms with Crippen LogP contribution in [0.3, 0.4) is 0 Å². The minimum atomic E-state index is -4.02. The van der Waals surface area contributed by atoms with Crippen molar-refractivity contribution in [3.63, 3.8) is 0 Å². The minimum absolute atomic E-state index is 0.0623. The number of methoxy groups -OCH3 is 2. The molecule has 10 heteroatoms. The summed E-state index contributed by atoms with van der Waals surface area (Å²) in [6, 6.07) is 18.0. The Morgan fingerprint density at radius 3 is 2.29 bits per heavy atom. The highest BCUT2D eigenvalue weighted by Crippen LogP contribution is 2.30. The molecule has 0 fully saturated rings. The van der Waals surface area contributed by atoms with Crippen LogP contribution in [0.25, 0.3) is 0 Å². The number of nitrogens with one attached hydrogen (secondary N) is 1. The highest BCUT2D eigenvalue weighted by atomic mass is 35.5. The van der Waals surface area contributed by atoms with Crippen molar-refractivity contribution >= 4 is 44.8 Å². The monoisotopic (exact) mass is 536 g/mol. The normalized spacial score (nSPS) is 11.1. The van der Waals surface area contributed by atoms with Crippen LogP contribution in [0, 0.1) is 0 Å². The number of anilines is 1. The first-order chi connectivity index (χ1) is 16.8. The second kappa shape index (κ2) is 12.2. The molecule has 3 aromatic rings. The van der Waals surface area contributed by atoms with E-state index in [9.17, 15) is 13.2 Å². The second-order valence-electron chi connectivity index (χ2n) is 7.57. The van der Waals surface area contributed by atoms with E-state index in [1.54, 1.807) is 32.4 Å². The van der Waals surface area contributed by atoms with Crippen molar-refractivity contribution in [3.05, 3.63) is 82.3 Å². The van der Waals surface area contributed by atoms with Gasteiger partial charge in [0.25, 0.3) is 10.0 Å². The Hall–Kier alpha value is -2.94. The molecule has 0 saturated heterocycles. The van der Waals surface area contributed by atoms with Crippen molar-refractivity contribution in [1.82, 2.24) is 5.32 Å². The Labute approximate surface area is 215 Å². The van der Waals surface area contributed by atoms with Crippen LogP contribution in [0.15, 0.2) is 71.6 Å². The number of hydrogen-bond donors (Lipinski definition) is 1. The molecular formula is C25H26Cl2N2O5S. The lowest BCUT2D eigenvalue weighted by atomic mass is 10.1. The van der Waals surface area contributed by atoms with Gasteiger partial charge in [-0.25, -0.2) is 8.42 Å². The van der Waals surface area contributed by atoms with Gasteiger partial charge in [0, 0.05) is 6.54 Å². The average Bonchev–Trinajstić information content (AvgIpc) is 2.87. The third-order valence-corrected chi connectivity index (χ3v) is 7.75. The van der Waals surface area contributed by atoms with E-state index < -0.39 is 22.5 Å². The number of ether oxygens (including phenoxy) is 2. The molecule has 0 saturated carbocycles. The van der Waals surface area contributed by atoms with Crippen LogP contribution in [0.2, 0.25) is 10.0 Å². The van der Waals surface area contributed by atoms with Gasteiger partial charge in [0.05, 0.1) is 34.8 Å². The summed E-state index contributed by atoms with van der Waals surface area (Å²) in [5.74, 6) is 0.840. The van der Waals surface area contributed by atoms with Crippen molar-refractivity contribution in [3.8, 4) is 11.5 Å². The molecule has 0 unspecified atom stereocenters. The third kappa shape index (κ3) is 6.81. The van der Waals surface area contributed by atoms with E-state index in [2.05, 4.69) is 5.32 Å². The molecule has 0 bridgehead atoms. The van der Waals surface area contributed by atoms with E-state index in [0.29, 0.717) is 30.9 Å². The Bertz CT molecular complexity index is 1270. The van der Waals surface area contributed by atoms with E-state index in [1.807, 2.05) is 18.2 Å². The molecular weight excluding hydrogens is 511 g/mol. The van der Waals surface area contributed by atoms with E-state index in [1.165, 1.54) is 30.3 Å². The predicted octanol–water partition coefficient (Wildman–Crippen LogP) is 4.95. The summed E-state index contributed by atoms with van der Waals surface area (Å²) in [4.78, 5) is 12.8. The van der Waals surface area contributed by atoms with E-state index in [-0.39, 0.29) is 20.6 Å². The van der Waals surface area contributed by atoms with Crippen molar-refractivity contribution in [2.24, 2.45) is 0 Å². The maximum absolute atomic E-state index is 13.3. The lowest BCUT2D eigenvalue weighted by molar-refractivity contribution is -0.119. The third-order valence-electron chi connectivity index (χ3n) is 5.22. The van der Waals surface area contributed by atoms with E-state index in [4.69, 9.17) is 32.7 Å². The molecule has 7 nitrogen and oxygen atoms in total. The fraction of sp³-hybridized carbons (Fsp3) is 0.240. The lowest BCUT2D eigenvalue weighted by Crippen LogP contribution is -2.41. The molecule has 1 amide bonds. The summed E-state index contributed by atoms with van der Waals surface area (Å²) in [7, 11) is -0.872. The van der Waals surface area contributed by atoms with Crippen molar-refractivity contribution in [1.29, 1.82) is 0 Å². The van der Waals surface area contributed by atoms with Crippen molar-refractivity contribution in [2.75, 3.05) is 31.6 Å². The number of benzene rings is 3. The summed E-state index contributed by atoms with van der Waals surface area (Å²) in [6.07, 6.45) is 1.35. The molecule has 0 heterocycles. The number of aryl methyl sites for hydroxylation is 1. The fourth-order valence-corrected chi connectivity index (χ4v) is 5.14. The van der Waals surface area contributed by atoms with Crippen LogP contribution in [0.4, 0.5) is 5.69 Å². The molecule has 1 N–H and O–H groups in total. The van der Waals surface area contributed by atoms with Gasteiger partial charge >= 0.3 is 0 Å². The molecule has 0 aromatic heterocycles. The first kappa shape index (κ1) is 26.7. The first-order valence-electron chi connectivity index (χ1n) is 10.8. The zero-order valence-corrected chi connectivity index (χ0v) is 21.7. The molecule has 35 heavy (non-hydrogen) atoms. The topological polar surface area (TPSA) is 84.9 Å². The maximum Gasteiger partial charge on any atom is 0.264 e. The number of sulfonamides is 1. The molecule has 0 radical (unpaired) electrons. The minimum Gasteiger partial charge on any atom is -0.493 e. The maximum atomic E-state index is 13.3. The Kier molecular flexibility index (Phi) is 9.26. The summed E-state index contributed by atoms with van der Waals surface area (Å²) >= 11 is 12.1. The smallest absolute Gasteiger partial charge is 0.264 e. The number of nitrogens with zero attached hydrogens (tertiary/aromatic N) is 1. The fourth-order valence-electron chi connectivity index (χ4n) is 3.42. The molecule has 0 atom stereocenters. The number of amides is 1. The number of rotatable bonds is 11. The Morgan fingerprint density at radius 1 is 0.914 bits per heavy atom. The van der Waals surface area contributed by atoms with Crippen LogP contribution in [-0.2, 0) is 21.2 Å². The zero-order valence-electron chi connectivity index (χ0n) is 19.3. The summed E-state index contributed by atoms with van der Waals surface area (Å²) in [6.45, 7) is -0.0423. The van der Waals surface area contributed by atoms with Gasteiger partial charge in [-0.15, -0.1) is 0 Å². The summed E-state index contributed by atoms with van der Waals surface area (Å²) in [5.41, 5.74) is 1.27. The lowest BCUT2D eigenvalue weighted by Gasteiger charge is -2.24. The van der Waals surface area contributed by atoms with Gasteiger partial charge in [-0.3, -0.25) is 9.10 Å². The molecule has 3 aromatic carbocycles. The number of carbonyl (C=O) groups excluding carboxylic acids is 1. The van der Waals surface area contributed by atoms with Gasteiger partial charge in [-0.1, -0.05) is 47.5 Å². The first-order valence-corrected chi connectivity index (χ1v) is 13.0.